The van der Waals surface area contributed by atoms with Crippen molar-refractivity contribution in [3.63, 3.8) is 0 Å². The number of aromatic nitrogens is 1. The van der Waals surface area contributed by atoms with Crippen LogP contribution in [0.3, 0.4) is 0 Å². The number of allylic oxidation sites excluding steroid dienone is 1. The maximum absolute atomic E-state index is 5.42. The summed E-state index contributed by atoms with van der Waals surface area (Å²) in [5.74, 6) is 0. The predicted molar refractivity (Wildman–Crippen MR) is 197 cm³/mol. The SMILES string of the molecule is Brc1cc(-c2c3ccc4c(c3nc3c2ccc2ccccc23)C=CCC4)cc(P(c2ccccc2)c2ccccc2)c1.CC. The molecule has 0 saturated heterocycles. The van der Waals surface area contributed by atoms with Gasteiger partial charge in [-0.1, -0.05) is 151 Å². The van der Waals surface area contributed by atoms with Crippen molar-refractivity contribution in [1.82, 2.24) is 4.98 Å². The second-order valence-electron chi connectivity index (χ2n) is 10.8. The molecule has 0 radical (unpaired) electrons. The van der Waals surface area contributed by atoms with E-state index < -0.39 is 7.92 Å². The first-order valence-corrected chi connectivity index (χ1v) is 17.5. The van der Waals surface area contributed by atoms with Crippen LogP contribution >= 0.6 is 23.9 Å². The van der Waals surface area contributed by atoms with Crippen LogP contribution in [0.25, 0.3) is 49.8 Å². The Bertz CT molecular complexity index is 2110. The molecule has 1 aliphatic rings. The van der Waals surface area contributed by atoms with Crippen molar-refractivity contribution in [3.8, 4) is 11.1 Å². The molecule has 0 spiro atoms. The lowest BCUT2D eigenvalue weighted by Crippen LogP contribution is -2.20. The van der Waals surface area contributed by atoms with Gasteiger partial charge in [0.15, 0.2) is 0 Å². The average Bonchev–Trinajstić information content (AvgIpc) is 3.09. The van der Waals surface area contributed by atoms with Gasteiger partial charge >= 0.3 is 0 Å². The normalized spacial score (nSPS) is 12.4. The molecule has 0 fully saturated rings. The second kappa shape index (κ2) is 12.5. The van der Waals surface area contributed by atoms with E-state index in [-0.39, 0.29) is 0 Å². The molecule has 44 heavy (non-hydrogen) atoms. The van der Waals surface area contributed by atoms with Crippen molar-refractivity contribution < 1.29 is 0 Å². The van der Waals surface area contributed by atoms with E-state index >= 15 is 0 Å². The van der Waals surface area contributed by atoms with Crippen LogP contribution in [0.15, 0.2) is 138 Å². The molecule has 0 saturated carbocycles. The van der Waals surface area contributed by atoms with Gasteiger partial charge in [-0.15, -0.1) is 0 Å². The van der Waals surface area contributed by atoms with Crippen LogP contribution in [0.2, 0.25) is 0 Å². The highest BCUT2D eigenvalue weighted by Crippen LogP contribution is 2.42. The van der Waals surface area contributed by atoms with Gasteiger partial charge in [0, 0.05) is 31.8 Å². The summed E-state index contributed by atoms with van der Waals surface area (Å²) in [5, 5.41) is 8.82. The molecule has 0 unspecified atom stereocenters. The molecule has 1 nitrogen and oxygen atoms in total. The molecule has 1 aromatic heterocycles. The Balaban J connectivity index is 0.00000153. The first kappa shape index (κ1) is 28.7. The summed E-state index contributed by atoms with van der Waals surface area (Å²) >= 11 is 3.94. The number of nitrogens with zero attached hydrogens (tertiary/aromatic N) is 1. The van der Waals surface area contributed by atoms with Crippen LogP contribution in [0.5, 0.6) is 0 Å². The lowest BCUT2D eigenvalue weighted by atomic mass is 9.89. The van der Waals surface area contributed by atoms with E-state index in [9.17, 15) is 0 Å². The summed E-state index contributed by atoms with van der Waals surface area (Å²) in [7, 11) is -0.748. The zero-order chi connectivity index (χ0) is 30.0. The van der Waals surface area contributed by atoms with Crippen LogP contribution in [-0.4, -0.2) is 4.98 Å². The monoisotopic (exact) mass is 649 g/mol. The fourth-order valence-corrected chi connectivity index (χ4v) is 9.45. The van der Waals surface area contributed by atoms with Crippen LogP contribution < -0.4 is 15.9 Å². The van der Waals surface area contributed by atoms with E-state index in [1.165, 1.54) is 59.7 Å². The van der Waals surface area contributed by atoms with Crippen LogP contribution in [0.1, 0.15) is 31.4 Å². The van der Waals surface area contributed by atoms with E-state index in [0.29, 0.717) is 0 Å². The Morgan fingerprint density at radius 2 is 1.27 bits per heavy atom. The molecule has 0 bridgehead atoms. The number of aryl methyl sites for hydroxylation is 1. The highest BCUT2D eigenvalue weighted by Gasteiger charge is 2.21. The van der Waals surface area contributed by atoms with Crippen molar-refractivity contribution in [2.24, 2.45) is 0 Å². The molecular weight excluding hydrogens is 617 g/mol. The summed E-state index contributed by atoms with van der Waals surface area (Å²) in [4.78, 5) is 5.42. The fraction of sp³-hybridized carbons (Fsp3) is 0.0976. The van der Waals surface area contributed by atoms with Crippen molar-refractivity contribution in [2.45, 2.75) is 26.7 Å². The van der Waals surface area contributed by atoms with Crippen molar-refractivity contribution in [3.05, 3.63) is 149 Å². The number of halogens is 1. The topological polar surface area (TPSA) is 12.9 Å². The van der Waals surface area contributed by atoms with Crippen LogP contribution in [0.4, 0.5) is 0 Å². The van der Waals surface area contributed by atoms with Gasteiger partial charge in [0.05, 0.1) is 11.0 Å². The van der Waals surface area contributed by atoms with Crippen LogP contribution in [0, 0.1) is 0 Å². The molecule has 1 aliphatic carbocycles. The molecule has 1 heterocycles. The smallest absolute Gasteiger partial charge is 0.0794 e. The number of benzene rings is 6. The van der Waals surface area contributed by atoms with Gasteiger partial charge in [0.25, 0.3) is 0 Å². The van der Waals surface area contributed by atoms with Gasteiger partial charge < -0.3 is 0 Å². The van der Waals surface area contributed by atoms with E-state index in [2.05, 4.69) is 155 Å². The summed E-state index contributed by atoms with van der Waals surface area (Å²) in [5.41, 5.74) is 7.28. The number of rotatable bonds is 4. The fourth-order valence-electron chi connectivity index (χ4n) is 6.41. The van der Waals surface area contributed by atoms with E-state index in [1.54, 1.807) is 0 Å². The number of fused-ring (bicyclic) bond motifs is 6. The second-order valence-corrected chi connectivity index (χ2v) is 14.0. The van der Waals surface area contributed by atoms with Gasteiger partial charge in [-0.25, -0.2) is 4.98 Å². The highest BCUT2D eigenvalue weighted by atomic mass is 79.9. The van der Waals surface area contributed by atoms with Gasteiger partial charge in [-0.3, -0.25) is 0 Å². The van der Waals surface area contributed by atoms with Crippen molar-refractivity contribution >= 4 is 78.4 Å². The molecule has 0 amide bonds. The first-order valence-electron chi connectivity index (χ1n) is 15.4. The van der Waals surface area contributed by atoms with E-state index in [4.69, 9.17) is 4.98 Å². The summed E-state index contributed by atoms with van der Waals surface area (Å²) in [6.45, 7) is 4.00. The Labute approximate surface area is 269 Å². The maximum Gasteiger partial charge on any atom is 0.0794 e. The molecule has 7 aromatic rings. The van der Waals surface area contributed by atoms with E-state index in [0.717, 1.165) is 28.3 Å². The lowest BCUT2D eigenvalue weighted by Gasteiger charge is -2.22. The predicted octanol–water partition coefficient (Wildman–Crippen LogP) is 10.7. The highest BCUT2D eigenvalue weighted by molar-refractivity contribution is 9.10. The minimum Gasteiger partial charge on any atom is -0.246 e. The number of hydrogen-bond acceptors (Lipinski definition) is 1. The van der Waals surface area contributed by atoms with Crippen molar-refractivity contribution in [1.29, 1.82) is 0 Å². The maximum atomic E-state index is 5.42. The third-order valence-corrected chi connectivity index (χ3v) is 11.2. The molecule has 6 aromatic carbocycles. The Morgan fingerprint density at radius 3 is 2.02 bits per heavy atom. The van der Waals surface area contributed by atoms with Gasteiger partial charge in [-0.05, 0) is 71.4 Å². The number of pyridine rings is 1. The molecule has 3 heteroatoms. The van der Waals surface area contributed by atoms with Crippen molar-refractivity contribution in [2.75, 3.05) is 0 Å². The molecule has 214 valence electrons. The van der Waals surface area contributed by atoms with Crippen LogP contribution in [-0.2, 0) is 6.42 Å². The zero-order valence-corrected chi connectivity index (χ0v) is 27.4. The molecule has 0 N–H and O–H groups in total. The Morgan fingerprint density at radius 1 is 0.614 bits per heavy atom. The Hall–Kier alpha value is -4.10. The third-order valence-electron chi connectivity index (χ3n) is 8.29. The first-order chi connectivity index (χ1) is 21.7. The summed E-state index contributed by atoms with van der Waals surface area (Å²) in [6.07, 6.45) is 6.72. The standard InChI is InChI=1S/C39H27BrNP.C2H6/c40-29-23-28(24-32(25-29)42(30-13-3-1-4-14-30)31-15-5-2-6-16-31)37-35-21-19-26-11-7-9-17-33(26)38(35)41-39-34-18-10-8-12-27(34)20-22-36(37)39;1-2/h1-7,9-11,13-25H,8,12H2;1-2H3. The lowest BCUT2D eigenvalue weighted by molar-refractivity contribution is 0.988. The zero-order valence-electron chi connectivity index (χ0n) is 25.0. The minimum absolute atomic E-state index is 0.748. The number of hydrogen-bond donors (Lipinski definition) is 0. The molecule has 8 rings (SSSR count). The molecule has 0 aliphatic heterocycles. The molecule has 0 atom stereocenters. The summed E-state index contributed by atoms with van der Waals surface area (Å²) < 4.78 is 1.09. The largest absolute Gasteiger partial charge is 0.246 e. The van der Waals surface area contributed by atoms with Gasteiger partial charge in [-0.2, -0.15) is 0 Å². The van der Waals surface area contributed by atoms with E-state index in [1.807, 2.05) is 13.8 Å². The minimum atomic E-state index is -0.748. The Kier molecular flexibility index (Phi) is 8.13. The average molecular weight is 651 g/mol. The third kappa shape index (κ3) is 5.17. The van der Waals surface area contributed by atoms with Gasteiger partial charge in [0.2, 0.25) is 0 Å². The molecular formula is C41H33BrNP. The summed E-state index contributed by atoms with van der Waals surface area (Å²) in [6, 6.07) is 46.6. The van der Waals surface area contributed by atoms with Gasteiger partial charge in [0.1, 0.15) is 0 Å². The quantitative estimate of drug-likeness (QED) is 0.105.